The van der Waals surface area contributed by atoms with Crippen LogP contribution in [0.3, 0.4) is 0 Å². The minimum absolute atomic E-state index is 0.0900. The molecule has 0 atom stereocenters. The van der Waals surface area contributed by atoms with Gasteiger partial charge in [0.15, 0.2) is 0 Å². The highest BCUT2D eigenvalue weighted by Gasteiger charge is 2.33. The Morgan fingerprint density at radius 3 is 0.898 bits per heavy atom. The van der Waals surface area contributed by atoms with Crippen LogP contribution in [0.25, 0.3) is 90.2 Å². The van der Waals surface area contributed by atoms with Crippen LogP contribution < -0.4 is 41.8 Å². The lowest BCUT2D eigenvalue weighted by Crippen LogP contribution is -2.47. The molecule has 33 nitrogen and oxygen atoms in total. The van der Waals surface area contributed by atoms with Crippen molar-refractivity contribution in [2.45, 2.75) is 111 Å². The predicted molar refractivity (Wildman–Crippen MR) is 492 cm³/mol. The summed E-state index contributed by atoms with van der Waals surface area (Å²) in [7, 11) is 2.14. The monoisotopic (exact) mass is 1710 g/mol. The van der Waals surface area contributed by atoms with E-state index in [0.717, 1.165) is 208 Å². The van der Waals surface area contributed by atoms with Gasteiger partial charge in [-0.25, -0.2) is 38.0 Å². The van der Waals surface area contributed by atoms with E-state index in [2.05, 4.69) is 88.4 Å². The van der Waals surface area contributed by atoms with Crippen molar-refractivity contribution < 1.29 is 5.11 Å². The predicted octanol–water partition coefficient (Wildman–Crippen LogP) is 9.33. The summed E-state index contributed by atoms with van der Waals surface area (Å²) in [5.41, 5.74) is 23.3. The molecule has 652 valence electrons. The number of nitrogens with zero attached hydrogens (tertiary/aromatic N) is 28. The van der Waals surface area contributed by atoms with Crippen molar-refractivity contribution in [3.63, 3.8) is 0 Å². The average molecular weight is 1710 g/mol. The SMILES string of the molecule is CCCN1CCN(c2ccc3nc(-c4cc5c(C)nc(C)cn5n4)cc(=O)n3c2)CC1.CCN1CCN(c2ccc3nc(-c4cc5c(C6CC6)nc(C)cn5n4)cc(=O)n3c2)CC1.Cc1cn2nc(-c3cc(=O)n4cc(N5CCN(C)CC5)ccc4n3)cc2c(C2CC2)n1.Cc1cn2nc(-c3cc(=O)n4cc(N5CCN(CCO)CC5)ccc4n3)cc2c(C2CC2)n1. The number of anilines is 4. The fourth-order valence-corrected chi connectivity index (χ4v) is 18.1. The molecule has 7 aliphatic rings. The molecule has 7 fully saturated rings. The number of hydrogen-bond acceptors (Lipinski definition) is 25. The molecular weight excluding hydrogens is 1600 g/mol. The molecule has 23 rings (SSSR count). The molecule has 20 heterocycles. The maximum atomic E-state index is 13.0. The van der Waals surface area contributed by atoms with Crippen LogP contribution in [0.1, 0.15) is 122 Å². The van der Waals surface area contributed by atoms with Crippen molar-refractivity contribution in [2.75, 3.05) is 158 Å². The number of aliphatic hydroxyl groups is 1. The lowest BCUT2D eigenvalue weighted by atomic mass is 10.2. The van der Waals surface area contributed by atoms with Gasteiger partial charge < -0.3 is 34.5 Å². The Balaban J connectivity index is 0.000000107. The summed E-state index contributed by atoms with van der Waals surface area (Å²) in [5, 5.41) is 27.9. The van der Waals surface area contributed by atoms with E-state index < -0.39 is 0 Å². The van der Waals surface area contributed by atoms with Gasteiger partial charge in [0.1, 0.15) is 45.4 Å². The lowest BCUT2D eigenvalue weighted by molar-refractivity contribution is 0.189. The fraction of sp³-hybridized carbons (Fsp3) is 0.404. The Hall–Kier alpha value is -13.1. The molecule has 1 N–H and O–H groups in total. The second-order valence-corrected chi connectivity index (χ2v) is 35.0. The quantitative estimate of drug-likeness (QED) is 0.0941. The number of piperazine rings is 4. The minimum Gasteiger partial charge on any atom is -0.395 e. The van der Waals surface area contributed by atoms with Crippen molar-refractivity contribution in [1.29, 1.82) is 0 Å². The molecule has 0 bridgehead atoms. The first-order chi connectivity index (χ1) is 61.7. The summed E-state index contributed by atoms with van der Waals surface area (Å²) in [6, 6.07) is 30.1. The summed E-state index contributed by atoms with van der Waals surface area (Å²) < 4.78 is 13.9. The highest BCUT2D eigenvalue weighted by atomic mass is 16.3. The van der Waals surface area contributed by atoms with Crippen LogP contribution in [0, 0.1) is 34.6 Å². The molecule has 16 aromatic rings. The number of pyridine rings is 4. The highest BCUT2D eigenvalue weighted by molar-refractivity contribution is 5.72. The van der Waals surface area contributed by atoms with Gasteiger partial charge in [0.05, 0.1) is 145 Å². The largest absolute Gasteiger partial charge is 0.395 e. The third-order valence-corrected chi connectivity index (χ3v) is 25.6. The van der Waals surface area contributed by atoms with Gasteiger partial charge in [-0.15, -0.1) is 0 Å². The Morgan fingerprint density at radius 2 is 0.598 bits per heavy atom. The van der Waals surface area contributed by atoms with Crippen molar-refractivity contribution in [3.8, 4) is 45.6 Å². The normalized spacial score (nSPS) is 17.0. The molecule has 4 saturated heterocycles. The molecule has 3 saturated carbocycles. The Kier molecular flexibility index (Phi) is 22.2. The minimum atomic E-state index is -0.121. The van der Waals surface area contributed by atoms with Gasteiger partial charge in [-0.2, -0.15) is 20.4 Å². The van der Waals surface area contributed by atoms with E-state index in [-0.39, 0.29) is 28.8 Å². The zero-order valence-corrected chi connectivity index (χ0v) is 73.3. The van der Waals surface area contributed by atoms with E-state index in [1.165, 1.54) is 44.9 Å². The van der Waals surface area contributed by atoms with E-state index in [9.17, 15) is 19.2 Å². The number of rotatable bonds is 16. The number of β-amino-alcohol motifs (C(OH)–C–C–N with tert-alkyl or cyclic N) is 1. The van der Waals surface area contributed by atoms with Crippen LogP contribution in [0.15, 0.2) is 166 Å². The van der Waals surface area contributed by atoms with Gasteiger partial charge in [-0.3, -0.25) is 66.5 Å². The molecule has 0 radical (unpaired) electrons. The summed E-state index contributed by atoms with van der Waals surface area (Å²) in [6.45, 7) is 33.0. The smallest absolute Gasteiger partial charge is 0.258 e. The Morgan fingerprint density at radius 1 is 0.315 bits per heavy atom. The summed E-state index contributed by atoms with van der Waals surface area (Å²) >= 11 is 0. The summed E-state index contributed by atoms with van der Waals surface area (Å²) in [4.78, 5) is 108. The second kappa shape index (κ2) is 34.4. The lowest BCUT2D eigenvalue weighted by Gasteiger charge is -2.35. The number of aliphatic hydroxyl groups excluding tert-OH is 1. The van der Waals surface area contributed by atoms with Gasteiger partial charge in [-0.1, -0.05) is 13.8 Å². The van der Waals surface area contributed by atoms with Gasteiger partial charge in [0, 0.05) is 178 Å². The average Bonchev–Trinajstić information content (AvgIpc) is 1.64. The molecule has 33 heteroatoms. The molecule has 4 aliphatic heterocycles. The number of hydrogen-bond donors (Lipinski definition) is 1. The first-order valence-electron chi connectivity index (χ1n) is 44.8. The number of fused-ring (bicyclic) bond motifs is 8. The number of aryl methyl sites for hydroxylation is 5. The van der Waals surface area contributed by atoms with E-state index in [1.807, 2.05) is 152 Å². The van der Waals surface area contributed by atoms with Crippen LogP contribution in [0.2, 0.25) is 0 Å². The van der Waals surface area contributed by atoms with Gasteiger partial charge in [-0.05, 0) is 172 Å². The molecule has 0 unspecified atom stereocenters. The number of aromatic nitrogens is 20. The van der Waals surface area contributed by atoms with Crippen molar-refractivity contribution >= 4 is 67.4 Å². The van der Waals surface area contributed by atoms with Crippen molar-refractivity contribution in [3.05, 3.63) is 234 Å². The van der Waals surface area contributed by atoms with E-state index in [1.54, 1.807) is 46.4 Å². The second-order valence-electron chi connectivity index (χ2n) is 35.0. The highest BCUT2D eigenvalue weighted by Crippen LogP contribution is 2.44. The van der Waals surface area contributed by atoms with Crippen LogP contribution in [-0.4, -0.2) is 259 Å². The molecular formula is C94H106N28O5. The van der Waals surface area contributed by atoms with Gasteiger partial charge in [0.2, 0.25) is 0 Å². The van der Waals surface area contributed by atoms with E-state index >= 15 is 0 Å². The number of likely N-dealkylation sites (N-methyl/N-ethyl adjacent to an activating group) is 2. The third kappa shape index (κ3) is 17.2. The van der Waals surface area contributed by atoms with Crippen molar-refractivity contribution in [2.24, 2.45) is 0 Å². The standard InChI is InChI=1S/C24H27N7O2.C24H27N7O.C23H25N7O.C23H27N7O/c1-16-14-31-21(24(25-16)17-2-3-17)12-20(27-31)19-13-23(33)30-15-18(4-5-22(30)26-19)29-8-6-28(7-9-29)10-11-32;1-3-28-8-10-29(11-9-28)18-6-7-22-26-19(13-23(32)30(22)15-18)20-12-21-24(17-4-5-17)25-16(2)14-31(21)27-20;1-15-13-30-20(23(24-15)16-3-4-16)11-19(26-30)18-12-22(31)29-14-17(5-6-21(29)25-18)28-9-7-27(2)8-10-28;1-4-7-27-8-10-28(11-9-27)18-5-6-22-25-19(13-23(31)29(22)15-18)20-12-21-17(3)24-16(2)14-30(21)26-20/h4-5,12-15,17,32H,2-3,6-11H2,1H3;6-7,12-15,17H,3-5,8-11H2,1-2H3;5-6,11-14,16H,3-4,7-10H2,1-2H3;5-6,12-15H,4,7-11H2,1-3H3. The molecule has 16 aromatic heterocycles. The zero-order chi connectivity index (χ0) is 87.0. The Bertz CT molecular complexity index is 7140. The van der Waals surface area contributed by atoms with Crippen LogP contribution in [0.5, 0.6) is 0 Å². The summed E-state index contributed by atoms with van der Waals surface area (Å²) in [5.74, 6) is 1.56. The van der Waals surface area contributed by atoms with Gasteiger partial charge >= 0.3 is 0 Å². The van der Waals surface area contributed by atoms with Crippen molar-refractivity contribution in [1.82, 2.24) is 116 Å². The first kappa shape index (κ1) is 82.2. The van der Waals surface area contributed by atoms with E-state index in [4.69, 9.17) is 55.3 Å². The molecule has 3 aliphatic carbocycles. The summed E-state index contributed by atoms with van der Waals surface area (Å²) in [6.07, 6.45) is 23.5. The van der Waals surface area contributed by atoms with E-state index in [0.29, 0.717) is 92.4 Å². The fourth-order valence-electron chi connectivity index (χ4n) is 18.1. The van der Waals surface area contributed by atoms with Gasteiger partial charge in [0.25, 0.3) is 22.2 Å². The third-order valence-electron chi connectivity index (χ3n) is 25.6. The Labute approximate surface area is 732 Å². The zero-order valence-electron chi connectivity index (χ0n) is 73.3. The maximum Gasteiger partial charge on any atom is 0.258 e. The molecule has 0 amide bonds. The van der Waals surface area contributed by atoms with Crippen LogP contribution in [-0.2, 0) is 0 Å². The maximum absolute atomic E-state index is 13.0. The molecule has 0 aromatic carbocycles. The first-order valence-corrected chi connectivity index (χ1v) is 44.8. The molecule has 0 spiro atoms. The van der Waals surface area contributed by atoms with Crippen LogP contribution in [0.4, 0.5) is 22.7 Å². The topological polar surface area (TPSA) is 304 Å². The molecule has 127 heavy (non-hydrogen) atoms. The van der Waals surface area contributed by atoms with Crippen LogP contribution >= 0.6 is 0 Å².